The highest BCUT2D eigenvalue weighted by Gasteiger charge is 2.07. The summed E-state index contributed by atoms with van der Waals surface area (Å²) in [7, 11) is -2.01. The predicted molar refractivity (Wildman–Crippen MR) is 52.6 cm³/mol. The van der Waals surface area contributed by atoms with Gasteiger partial charge in [0.25, 0.3) is 0 Å². The third-order valence-corrected chi connectivity index (χ3v) is 2.28. The van der Waals surface area contributed by atoms with Crippen LogP contribution >= 0.6 is 20.5 Å². The van der Waals surface area contributed by atoms with E-state index in [9.17, 15) is 0 Å². The third kappa shape index (κ3) is 3.49. The fourth-order valence-corrected chi connectivity index (χ4v) is 1.49. The van der Waals surface area contributed by atoms with Crippen LogP contribution in [0.3, 0.4) is 0 Å². The zero-order valence-corrected chi connectivity index (χ0v) is 8.97. The normalized spacial score (nSPS) is 12.6. The lowest BCUT2D eigenvalue weighted by Gasteiger charge is -2.08. The van der Waals surface area contributed by atoms with E-state index in [4.69, 9.17) is 21.3 Å². The smallest absolute Gasteiger partial charge is 0.412 e. The van der Waals surface area contributed by atoms with Crippen molar-refractivity contribution < 1.29 is 13.5 Å². The van der Waals surface area contributed by atoms with E-state index in [2.05, 4.69) is 4.08 Å². The molecule has 0 heterocycles. The fraction of sp³-hybridized carbons (Fsp3) is 0.250. The van der Waals surface area contributed by atoms with Crippen molar-refractivity contribution in [1.82, 2.24) is 0 Å². The van der Waals surface area contributed by atoms with Gasteiger partial charge in [0, 0.05) is 0 Å². The third-order valence-electron chi connectivity index (χ3n) is 1.44. The summed E-state index contributed by atoms with van der Waals surface area (Å²) in [6.07, 6.45) is 0. The molecule has 0 radical (unpaired) electrons. The highest BCUT2D eigenvalue weighted by molar-refractivity contribution is 7.42. The molecule has 1 atom stereocenters. The first kappa shape index (κ1) is 10.7. The molecule has 13 heavy (non-hydrogen) atoms. The molecule has 1 unspecified atom stereocenters. The van der Waals surface area contributed by atoms with Crippen LogP contribution in [-0.4, -0.2) is 4.89 Å². The molecule has 5 heteroatoms. The maximum Gasteiger partial charge on any atom is 0.412 e. The van der Waals surface area contributed by atoms with E-state index < -0.39 is 8.60 Å². The molecule has 0 saturated heterocycles. The molecule has 0 amide bonds. The van der Waals surface area contributed by atoms with Crippen LogP contribution in [0.15, 0.2) is 18.2 Å². The Hall–Kier alpha value is -0.340. The summed E-state index contributed by atoms with van der Waals surface area (Å²) < 4.78 is 9.10. The van der Waals surface area contributed by atoms with Crippen molar-refractivity contribution in [3.05, 3.63) is 29.3 Å². The van der Waals surface area contributed by atoms with E-state index in [1.54, 1.807) is 12.1 Å². The van der Waals surface area contributed by atoms with Crippen molar-refractivity contribution >= 4 is 20.5 Å². The van der Waals surface area contributed by atoms with Gasteiger partial charge in [0.2, 0.25) is 0 Å². The topological polar surface area (TPSA) is 38.7 Å². The number of benzene rings is 1. The lowest BCUT2D eigenvalue weighted by atomic mass is 10.1. The zero-order valence-electron chi connectivity index (χ0n) is 7.32. The Labute approximate surface area is 83.4 Å². The van der Waals surface area contributed by atoms with Gasteiger partial charge in [-0.1, -0.05) is 6.07 Å². The standard InChI is InChI=1S/C8H10ClO3P/c1-6-3-7(2)5-8(4-6)11-13(10)12-9/h3-5,10H,1-2H3. The number of aryl methyl sites for hydroxylation is 2. The summed E-state index contributed by atoms with van der Waals surface area (Å²) in [4.78, 5) is 8.98. The molecule has 1 rings (SSSR count). The van der Waals surface area contributed by atoms with Crippen molar-refractivity contribution in [3.63, 3.8) is 0 Å². The molecule has 0 aliphatic rings. The largest absolute Gasteiger partial charge is 0.426 e. The average molecular weight is 221 g/mol. The molecular formula is C8H10ClO3P. The fourth-order valence-electron chi connectivity index (χ4n) is 1.09. The second kappa shape index (κ2) is 4.77. The van der Waals surface area contributed by atoms with Gasteiger partial charge in [0.1, 0.15) is 5.75 Å². The van der Waals surface area contributed by atoms with Crippen LogP contribution in [0.25, 0.3) is 0 Å². The van der Waals surface area contributed by atoms with E-state index in [1.807, 2.05) is 19.9 Å². The minimum atomic E-state index is -2.01. The highest BCUT2D eigenvalue weighted by Crippen LogP contribution is 2.36. The first-order valence-corrected chi connectivity index (χ1v) is 5.09. The van der Waals surface area contributed by atoms with Gasteiger partial charge in [-0.05, 0) is 37.1 Å². The molecule has 0 aliphatic carbocycles. The molecule has 72 valence electrons. The van der Waals surface area contributed by atoms with Gasteiger partial charge < -0.3 is 9.42 Å². The minimum Gasteiger partial charge on any atom is -0.426 e. The average Bonchev–Trinajstić information content (AvgIpc) is 2.02. The first-order chi connectivity index (χ1) is 6.11. The van der Waals surface area contributed by atoms with Gasteiger partial charge in [0.05, 0.1) is 11.9 Å². The Bertz CT molecular complexity index is 272. The van der Waals surface area contributed by atoms with Gasteiger partial charge in [-0.25, -0.2) is 0 Å². The van der Waals surface area contributed by atoms with Gasteiger partial charge >= 0.3 is 8.60 Å². The van der Waals surface area contributed by atoms with Crippen LogP contribution in [-0.2, 0) is 4.08 Å². The number of halogens is 1. The number of rotatable bonds is 3. The van der Waals surface area contributed by atoms with Crippen LogP contribution in [0, 0.1) is 13.8 Å². The molecule has 0 spiro atoms. The van der Waals surface area contributed by atoms with Crippen LogP contribution in [0.2, 0.25) is 0 Å². The lowest BCUT2D eigenvalue weighted by Crippen LogP contribution is -1.87. The van der Waals surface area contributed by atoms with Gasteiger partial charge in [-0.3, -0.25) is 0 Å². The van der Waals surface area contributed by atoms with Gasteiger partial charge in [0.15, 0.2) is 0 Å². The van der Waals surface area contributed by atoms with Crippen LogP contribution < -0.4 is 4.52 Å². The zero-order chi connectivity index (χ0) is 9.84. The summed E-state index contributed by atoms with van der Waals surface area (Å²) in [6, 6.07) is 5.61. The SMILES string of the molecule is Cc1cc(C)cc(OP(O)OCl)c1. The second-order valence-corrected chi connectivity index (χ2v) is 3.93. The molecular weight excluding hydrogens is 211 g/mol. The van der Waals surface area contributed by atoms with Crippen molar-refractivity contribution in [1.29, 1.82) is 0 Å². The van der Waals surface area contributed by atoms with E-state index in [-0.39, 0.29) is 0 Å². The van der Waals surface area contributed by atoms with Gasteiger partial charge in [-0.15, -0.1) is 0 Å². The molecule has 1 aromatic rings. The van der Waals surface area contributed by atoms with Crippen molar-refractivity contribution in [3.8, 4) is 5.75 Å². The predicted octanol–water partition coefficient (Wildman–Crippen LogP) is 3.07. The molecule has 1 N–H and O–H groups in total. The molecule has 1 aromatic carbocycles. The quantitative estimate of drug-likeness (QED) is 0.796. The Morgan fingerprint density at radius 2 is 1.77 bits per heavy atom. The molecule has 0 saturated carbocycles. The van der Waals surface area contributed by atoms with Gasteiger partial charge in [-0.2, -0.15) is 4.08 Å². The lowest BCUT2D eigenvalue weighted by molar-refractivity contribution is 0.396. The van der Waals surface area contributed by atoms with Crippen LogP contribution in [0.1, 0.15) is 11.1 Å². The summed E-state index contributed by atoms with van der Waals surface area (Å²) in [5, 5.41) is 0. The Morgan fingerprint density at radius 3 is 2.23 bits per heavy atom. The minimum absolute atomic E-state index is 0.562. The van der Waals surface area contributed by atoms with Crippen molar-refractivity contribution in [2.75, 3.05) is 0 Å². The summed E-state index contributed by atoms with van der Waals surface area (Å²) in [6.45, 7) is 3.89. The Kier molecular flexibility index (Phi) is 3.94. The monoisotopic (exact) mass is 220 g/mol. The maximum atomic E-state index is 8.98. The van der Waals surface area contributed by atoms with Crippen molar-refractivity contribution in [2.45, 2.75) is 13.8 Å². The van der Waals surface area contributed by atoms with Crippen LogP contribution in [0.5, 0.6) is 5.75 Å². The molecule has 0 fully saturated rings. The number of hydrogen-bond acceptors (Lipinski definition) is 3. The van der Waals surface area contributed by atoms with Crippen LogP contribution in [0.4, 0.5) is 0 Å². The summed E-state index contributed by atoms with van der Waals surface area (Å²) in [5.41, 5.74) is 2.13. The Balaban J connectivity index is 2.77. The van der Waals surface area contributed by atoms with Crippen molar-refractivity contribution in [2.24, 2.45) is 0 Å². The first-order valence-electron chi connectivity index (χ1n) is 3.66. The molecule has 0 bridgehead atoms. The Morgan fingerprint density at radius 1 is 1.23 bits per heavy atom. The summed E-state index contributed by atoms with van der Waals surface area (Å²) >= 11 is 4.94. The van der Waals surface area contributed by atoms with E-state index in [1.165, 1.54) is 0 Å². The molecule has 3 nitrogen and oxygen atoms in total. The van der Waals surface area contributed by atoms with E-state index in [0.29, 0.717) is 5.75 Å². The number of hydrogen-bond donors (Lipinski definition) is 1. The molecule has 0 aliphatic heterocycles. The highest BCUT2D eigenvalue weighted by atomic mass is 35.5. The van der Waals surface area contributed by atoms with E-state index in [0.717, 1.165) is 11.1 Å². The second-order valence-electron chi connectivity index (χ2n) is 2.72. The summed E-state index contributed by atoms with van der Waals surface area (Å²) in [5.74, 6) is 0.562. The maximum absolute atomic E-state index is 8.98. The van der Waals surface area contributed by atoms with E-state index >= 15 is 0 Å². The molecule has 0 aromatic heterocycles.